The molecule has 0 fully saturated rings. The first kappa shape index (κ1) is 18.0. The van der Waals surface area contributed by atoms with Crippen molar-refractivity contribution in [3.63, 3.8) is 0 Å². The second-order valence-corrected chi connectivity index (χ2v) is 6.31. The third kappa shape index (κ3) is 3.55. The SMILES string of the molecule is Cc1cc(C(=O)N[C@H](C)c2cccc3ccccc23)ccc1C(=O)OCl. The largest absolute Gasteiger partial charge is 0.356 e. The number of nitrogens with one attached hydrogen (secondary N) is 1. The highest BCUT2D eigenvalue weighted by atomic mass is 35.5. The summed E-state index contributed by atoms with van der Waals surface area (Å²) in [4.78, 5) is 24.2. The van der Waals surface area contributed by atoms with E-state index in [-0.39, 0.29) is 11.9 Å². The van der Waals surface area contributed by atoms with Gasteiger partial charge in [0.1, 0.15) is 11.9 Å². The van der Waals surface area contributed by atoms with Crippen molar-refractivity contribution in [3.05, 3.63) is 82.9 Å². The van der Waals surface area contributed by atoms with E-state index in [0.717, 1.165) is 16.3 Å². The fraction of sp³-hybridized carbons (Fsp3) is 0.143. The van der Waals surface area contributed by atoms with Gasteiger partial charge in [0, 0.05) is 5.56 Å². The molecule has 0 saturated heterocycles. The molecule has 0 radical (unpaired) electrons. The van der Waals surface area contributed by atoms with Crippen molar-refractivity contribution < 1.29 is 13.9 Å². The van der Waals surface area contributed by atoms with Gasteiger partial charge in [-0.3, -0.25) is 4.79 Å². The molecule has 3 aromatic carbocycles. The Bertz CT molecular complexity index is 979. The van der Waals surface area contributed by atoms with Crippen LogP contribution in [0.15, 0.2) is 60.7 Å². The van der Waals surface area contributed by atoms with Gasteiger partial charge >= 0.3 is 5.97 Å². The number of benzene rings is 3. The van der Waals surface area contributed by atoms with E-state index in [4.69, 9.17) is 11.9 Å². The Morgan fingerprint density at radius 3 is 2.50 bits per heavy atom. The van der Waals surface area contributed by atoms with Gasteiger partial charge < -0.3 is 9.61 Å². The van der Waals surface area contributed by atoms with E-state index in [9.17, 15) is 9.59 Å². The van der Waals surface area contributed by atoms with Crippen LogP contribution >= 0.6 is 11.9 Å². The van der Waals surface area contributed by atoms with Crippen LogP contribution in [0.2, 0.25) is 0 Å². The van der Waals surface area contributed by atoms with Crippen molar-refractivity contribution in [1.82, 2.24) is 5.32 Å². The normalized spacial score (nSPS) is 11.8. The van der Waals surface area contributed by atoms with E-state index in [1.54, 1.807) is 19.1 Å². The van der Waals surface area contributed by atoms with Gasteiger partial charge in [-0.1, -0.05) is 42.5 Å². The van der Waals surface area contributed by atoms with Crippen molar-refractivity contribution in [1.29, 1.82) is 0 Å². The average molecular weight is 368 g/mol. The van der Waals surface area contributed by atoms with E-state index < -0.39 is 5.97 Å². The fourth-order valence-electron chi connectivity index (χ4n) is 3.06. The Labute approximate surface area is 156 Å². The number of hydrogen-bond donors (Lipinski definition) is 1. The van der Waals surface area contributed by atoms with Crippen LogP contribution in [0, 0.1) is 6.92 Å². The molecule has 1 N–H and O–H groups in total. The lowest BCUT2D eigenvalue weighted by Gasteiger charge is -2.17. The molecule has 26 heavy (non-hydrogen) atoms. The third-order valence-corrected chi connectivity index (χ3v) is 4.56. The highest BCUT2D eigenvalue weighted by molar-refractivity contribution is 6.16. The van der Waals surface area contributed by atoms with Gasteiger partial charge in [0.25, 0.3) is 5.91 Å². The molecular formula is C21H18ClNO3. The summed E-state index contributed by atoms with van der Waals surface area (Å²) in [7, 11) is 0. The Morgan fingerprint density at radius 2 is 1.77 bits per heavy atom. The molecule has 132 valence electrons. The molecule has 3 rings (SSSR count). The van der Waals surface area contributed by atoms with Crippen LogP contribution in [-0.4, -0.2) is 11.9 Å². The molecule has 1 amide bonds. The smallest absolute Gasteiger partial charge is 0.345 e. The lowest BCUT2D eigenvalue weighted by atomic mass is 9.99. The predicted octanol–water partition coefficient (Wildman–Crippen LogP) is 4.95. The van der Waals surface area contributed by atoms with Crippen molar-refractivity contribution in [2.45, 2.75) is 19.9 Å². The Balaban J connectivity index is 1.83. The lowest BCUT2D eigenvalue weighted by Crippen LogP contribution is -2.27. The minimum absolute atomic E-state index is 0.165. The molecule has 3 aromatic rings. The maximum Gasteiger partial charge on any atom is 0.356 e. The number of rotatable bonds is 4. The van der Waals surface area contributed by atoms with Crippen molar-refractivity contribution >= 4 is 34.5 Å². The topological polar surface area (TPSA) is 55.4 Å². The molecule has 4 nitrogen and oxygen atoms in total. The van der Waals surface area contributed by atoms with E-state index in [0.29, 0.717) is 16.7 Å². The number of hydrogen-bond acceptors (Lipinski definition) is 3. The van der Waals surface area contributed by atoms with Crippen LogP contribution in [-0.2, 0) is 4.29 Å². The molecule has 0 aliphatic carbocycles. The van der Waals surface area contributed by atoms with Gasteiger partial charge in [-0.2, -0.15) is 0 Å². The number of carbonyl (C=O) groups excluding carboxylic acids is 2. The maximum absolute atomic E-state index is 12.6. The molecule has 0 aromatic heterocycles. The number of carbonyl (C=O) groups is 2. The first-order valence-corrected chi connectivity index (χ1v) is 8.54. The van der Waals surface area contributed by atoms with E-state index in [1.807, 2.05) is 49.4 Å². The molecule has 5 heteroatoms. The van der Waals surface area contributed by atoms with Crippen LogP contribution in [0.1, 0.15) is 44.8 Å². The van der Waals surface area contributed by atoms with Crippen molar-refractivity contribution in [2.24, 2.45) is 0 Å². The predicted molar refractivity (Wildman–Crippen MR) is 102 cm³/mol. The van der Waals surface area contributed by atoms with E-state index in [1.165, 1.54) is 6.07 Å². The molecule has 0 bridgehead atoms. The van der Waals surface area contributed by atoms with E-state index >= 15 is 0 Å². The van der Waals surface area contributed by atoms with Crippen LogP contribution in [0.25, 0.3) is 10.8 Å². The lowest BCUT2D eigenvalue weighted by molar-refractivity contribution is 0.0749. The number of fused-ring (bicyclic) bond motifs is 1. The van der Waals surface area contributed by atoms with E-state index in [2.05, 4.69) is 9.61 Å². The number of halogens is 1. The van der Waals surface area contributed by atoms with Crippen molar-refractivity contribution in [2.75, 3.05) is 0 Å². The third-order valence-electron chi connectivity index (χ3n) is 4.42. The molecule has 0 aliphatic heterocycles. The summed E-state index contributed by atoms with van der Waals surface area (Å²) in [6.07, 6.45) is 0. The minimum Gasteiger partial charge on any atom is -0.345 e. The van der Waals surface area contributed by atoms with Crippen LogP contribution in [0.3, 0.4) is 0 Å². The number of amides is 1. The molecular weight excluding hydrogens is 350 g/mol. The highest BCUT2D eigenvalue weighted by Gasteiger charge is 2.16. The summed E-state index contributed by atoms with van der Waals surface area (Å²) in [6.45, 7) is 3.68. The van der Waals surface area contributed by atoms with Gasteiger partial charge in [0.15, 0.2) is 0 Å². The Kier molecular flexibility index (Phi) is 5.24. The van der Waals surface area contributed by atoms with Crippen LogP contribution in [0.4, 0.5) is 0 Å². The second-order valence-electron chi connectivity index (χ2n) is 6.16. The maximum atomic E-state index is 12.6. The zero-order valence-corrected chi connectivity index (χ0v) is 15.2. The van der Waals surface area contributed by atoms with Gasteiger partial charge in [-0.05, 0) is 53.9 Å². The summed E-state index contributed by atoms with van der Waals surface area (Å²) >= 11 is 5.12. The zero-order chi connectivity index (χ0) is 18.7. The summed E-state index contributed by atoms with van der Waals surface area (Å²) in [6, 6.07) is 18.7. The van der Waals surface area contributed by atoms with Gasteiger partial charge in [0.2, 0.25) is 0 Å². The Hall–Kier alpha value is -2.85. The first-order chi connectivity index (χ1) is 12.5. The summed E-state index contributed by atoms with van der Waals surface area (Å²) in [5.41, 5.74) is 2.48. The number of aryl methyl sites for hydroxylation is 1. The second kappa shape index (κ2) is 7.58. The molecule has 0 heterocycles. The summed E-state index contributed by atoms with van der Waals surface area (Å²) in [5.74, 6) is -0.848. The Morgan fingerprint density at radius 1 is 1.04 bits per heavy atom. The van der Waals surface area contributed by atoms with Crippen LogP contribution < -0.4 is 5.32 Å². The molecule has 0 unspecified atom stereocenters. The molecule has 1 atom stereocenters. The van der Waals surface area contributed by atoms with Gasteiger partial charge in [0.05, 0.1) is 11.6 Å². The average Bonchev–Trinajstić information content (AvgIpc) is 2.66. The fourth-order valence-corrected chi connectivity index (χ4v) is 3.14. The zero-order valence-electron chi connectivity index (χ0n) is 14.5. The molecule has 0 aliphatic rings. The highest BCUT2D eigenvalue weighted by Crippen LogP contribution is 2.24. The van der Waals surface area contributed by atoms with Gasteiger partial charge in [-0.15, -0.1) is 0 Å². The van der Waals surface area contributed by atoms with Gasteiger partial charge in [-0.25, -0.2) is 4.79 Å². The molecule has 0 saturated carbocycles. The van der Waals surface area contributed by atoms with Crippen molar-refractivity contribution in [3.8, 4) is 0 Å². The molecule has 0 spiro atoms. The standard InChI is InChI=1S/C21H18ClNO3/c1-13-12-16(10-11-17(13)21(25)26-22)20(24)23-14(2)18-9-5-7-15-6-3-4-8-19(15)18/h3-12,14H,1-2H3,(H,23,24)/t14-/m1/s1. The monoisotopic (exact) mass is 367 g/mol. The van der Waals surface area contributed by atoms with Crippen LogP contribution in [0.5, 0.6) is 0 Å². The summed E-state index contributed by atoms with van der Waals surface area (Å²) in [5, 5.41) is 5.25. The minimum atomic E-state index is -0.639. The summed E-state index contributed by atoms with van der Waals surface area (Å²) < 4.78 is 4.21. The quantitative estimate of drug-likeness (QED) is 0.709. The first-order valence-electron chi connectivity index (χ1n) is 8.23.